The second kappa shape index (κ2) is 6.14. The molecular weight excluding hydrogens is 334 g/mol. The Labute approximate surface area is 148 Å². The molecule has 2 atom stereocenters. The number of hydrogen-bond donors (Lipinski definition) is 1. The van der Waals surface area contributed by atoms with E-state index in [0.717, 1.165) is 11.8 Å². The van der Waals surface area contributed by atoms with Gasteiger partial charge in [-0.25, -0.2) is 9.67 Å². The first-order valence-electron chi connectivity index (χ1n) is 8.16. The number of benzene rings is 1. The van der Waals surface area contributed by atoms with Crippen molar-refractivity contribution in [2.24, 2.45) is 0 Å². The van der Waals surface area contributed by atoms with Gasteiger partial charge in [0.1, 0.15) is 0 Å². The van der Waals surface area contributed by atoms with E-state index in [0.29, 0.717) is 6.54 Å². The van der Waals surface area contributed by atoms with E-state index in [-0.39, 0.29) is 17.8 Å². The Balaban J connectivity index is 1.93. The lowest BCUT2D eigenvalue weighted by atomic mass is 9.96. The van der Waals surface area contributed by atoms with E-state index in [9.17, 15) is 14.7 Å². The van der Waals surface area contributed by atoms with Gasteiger partial charge in [0.15, 0.2) is 11.4 Å². The topological polar surface area (TPSA) is 93.2 Å². The van der Waals surface area contributed by atoms with Crippen molar-refractivity contribution in [3.8, 4) is 5.75 Å². The van der Waals surface area contributed by atoms with Crippen LogP contribution in [0.4, 0.5) is 0 Å². The Kier molecular flexibility index (Phi) is 3.80. The Hall–Kier alpha value is -3.42. The Morgan fingerprint density at radius 3 is 2.69 bits per heavy atom. The zero-order valence-corrected chi connectivity index (χ0v) is 14.1. The summed E-state index contributed by atoms with van der Waals surface area (Å²) < 4.78 is 3.39. The molecule has 1 N–H and O–H groups in total. The quantitative estimate of drug-likeness (QED) is 0.762. The van der Waals surface area contributed by atoms with E-state index in [1.807, 2.05) is 41.1 Å². The standard InChI is InChI=1S/C18H17N5O3/c1-21-10-13(23-16(18(21)26)17(25)14(24)9-20-23)15(22-8-7-19-11-22)12-5-3-2-4-6-12/h2-9,11,13,15,25H,10H2,1H3/t13?,15-/m1/s1. The third-order valence-electron chi connectivity index (χ3n) is 4.66. The van der Waals surface area contributed by atoms with Crippen LogP contribution in [0.15, 0.2) is 60.0 Å². The highest BCUT2D eigenvalue weighted by Crippen LogP contribution is 2.35. The Morgan fingerprint density at radius 2 is 2.00 bits per heavy atom. The van der Waals surface area contributed by atoms with Crippen molar-refractivity contribution in [3.63, 3.8) is 0 Å². The molecule has 0 aliphatic carbocycles. The molecule has 3 aromatic rings. The molecule has 1 unspecified atom stereocenters. The molecule has 0 fully saturated rings. The normalized spacial score (nSPS) is 17.8. The fraction of sp³-hybridized carbons (Fsp3) is 0.222. The smallest absolute Gasteiger partial charge is 0.275 e. The first kappa shape index (κ1) is 16.1. The molecule has 8 heteroatoms. The highest BCUT2D eigenvalue weighted by molar-refractivity contribution is 5.95. The number of aromatic nitrogens is 4. The van der Waals surface area contributed by atoms with E-state index >= 15 is 0 Å². The van der Waals surface area contributed by atoms with Crippen LogP contribution in [-0.2, 0) is 0 Å². The molecule has 4 rings (SSSR count). The van der Waals surface area contributed by atoms with Crippen molar-refractivity contribution in [2.75, 3.05) is 13.6 Å². The van der Waals surface area contributed by atoms with Crippen molar-refractivity contribution in [2.45, 2.75) is 12.1 Å². The van der Waals surface area contributed by atoms with Gasteiger partial charge in [0, 0.05) is 26.0 Å². The molecular formula is C18H17N5O3. The molecule has 2 aromatic heterocycles. The molecule has 0 saturated heterocycles. The number of fused-ring (bicyclic) bond motifs is 1. The van der Waals surface area contributed by atoms with Crippen LogP contribution < -0.4 is 5.43 Å². The number of nitrogens with zero attached hydrogens (tertiary/aromatic N) is 5. The SMILES string of the molecule is CN1CC([C@@H](c2ccccc2)n2ccnc2)n2ncc(=O)c(O)c2C1=O. The summed E-state index contributed by atoms with van der Waals surface area (Å²) in [5, 5.41) is 14.4. The average Bonchev–Trinajstić information content (AvgIpc) is 3.17. The first-order chi connectivity index (χ1) is 12.6. The van der Waals surface area contributed by atoms with Crippen LogP contribution in [0.1, 0.15) is 28.1 Å². The monoisotopic (exact) mass is 351 g/mol. The number of rotatable bonds is 3. The second-order valence-electron chi connectivity index (χ2n) is 6.27. The maximum Gasteiger partial charge on any atom is 0.275 e. The van der Waals surface area contributed by atoms with Gasteiger partial charge in [0.25, 0.3) is 5.91 Å². The second-order valence-corrected chi connectivity index (χ2v) is 6.27. The molecule has 8 nitrogen and oxygen atoms in total. The summed E-state index contributed by atoms with van der Waals surface area (Å²) >= 11 is 0. The molecule has 0 bridgehead atoms. The molecule has 0 spiro atoms. The predicted molar refractivity (Wildman–Crippen MR) is 93.0 cm³/mol. The molecule has 3 heterocycles. The third-order valence-corrected chi connectivity index (χ3v) is 4.66. The molecule has 1 aliphatic heterocycles. The van der Waals surface area contributed by atoms with Crippen LogP contribution in [0.2, 0.25) is 0 Å². The number of carbonyl (C=O) groups excluding carboxylic acids is 1. The Morgan fingerprint density at radius 1 is 1.23 bits per heavy atom. The maximum atomic E-state index is 12.5. The van der Waals surface area contributed by atoms with Crippen molar-refractivity contribution in [3.05, 3.63) is 76.7 Å². The summed E-state index contributed by atoms with van der Waals surface area (Å²) in [6.07, 6.45) is 6.28. The number of imidazole rings is 1. The van der Waals surface area contributed by atoms with Crippen LogP contribution in [0.5, 0.6) is 5.75 Å². The van der Waals surface area contributed by atoms with Gasteiger partial charge in [-0.15, -0.1) is 0 Å². The van der Waals surface area contributed by atoms with Crippen molar-refractivity contribution < 1.29 is 9.90 Å². The fourth-order valence-corrected chi connectivity index (χ4v) is 3.44. The zero-order chi connectivity index (χ0) is 18.3. The van der Waals surface area contributed by atoms with Crippen LogP contribution in [0.3, 0.4) is 0 Å². The van der Waals surface area contributed by atoms with Gasteiger partial charge in [0.2, 0.25) is 5.43 Å². The van der Waals surface area contributed by atoms with E-state index in [1.54, 1.807) is 19.6 Å². The van der Waals surface area contributed by atoms with E-state index in [2.05, 4.69) is 10.1 Å². The molecule has 1 aliphatic rings. The van der Waals surface area contributed by atoms with Crippen molar-refractivity contribution >= 4 is 5.91 Å². The lowest BCUT2D eigenvalue weighted by molar-refractivity contribution is 0.0671. The van der Waals surface area contributed by atoms with Gasteiger partial charge in [-0.05, 0) is 5.56 Å². The Bertz CT molecular complexity index is 997. The van der Waals surface area contributed by atoms with E-state index < -0.39 is 17.1 Å². The summed E-state index contributed by atoms with van der Waals surface area (Å²) in [6.45, 7) is 0.374. The molecule has 26 heavy (non-hydrogen) atoms. The summed E-state index contributed by atoms with van der Waals surface area (Å²) in [5.41, 5.74) is 0.249. The maximum absolute atomic E-state index is 12.5. The summed E-state index contributed by atoms with van der Waals surface area (Å²) in [4.78, 5) is 30.0. The first-order valence-corrected chi connectivity index (χ1v) is 8.16. The summed E-state index contributed by atoms with van der Waals surface area (Å²) in [5.74, 6) is -1.000. The van der Waals surface area contributed by atoms with Gasteiger partial charge in [-0.1, -0.05) is 30.3 Å². The van der Waals surface area contributed by atoms with Crippen LogP contribution in [0.25, 0.3) is 0 Å². The highest BCUT2D eigenvalue weighted by Gasteiger charge is 2.38. The van der Waals surface area contributed by atoms with Gasteiger partial charge in [-0.2, -0.15) is 5.10 Å². The number of aromatic hydroxyl groups is 1. The highest BCUT2D eigenvalue weighted by atomic mass is 16.3. The largest absolute Gasteiger partial charge is 0.502 e. The molecule has 1 aromatic carbocycles. The third kappa shape index (κ3) is 2.46. The number of amides is 1. The number of likely N-dealkylation sites (N-methyl/N-ethyl adjacent to an activating group) is 1. The predicted octanol–water partition coefficient (Wildman–Crippen LogP) is 1.06. The zero-order valence-electron chi connectivity index (χ0n) is 14.1. The molecule has 0 radical (unpaired) electrons. The lowest BCUT2D eigenvalue weighted by Gasteiger charge is -2.37. The van der Waals surface area contributed by atoms with Gasteiger partial charge in [-0.3, -0.25) is 9.59 Å². The lowest BCUT2D eigenvalue weighted by Crippen LogP contribution is -2.46. The van der Waals surface area contributed by atoms with E-state index in [4.69, 9.17) is 0 Å². The summed E-state index contributed by atoms with van der Waals surface area (Å²) in [7, 11) is 1.64. The van der Waals surface area contributed by atoms with Gasteiger partial charge >= 0.3 is 0 Å². The fourth-order valence-electron chi connectivity index (χ4n) is 3.44. The van der Waals surface area contributed by atoms with Crippen LogP contribution >= 0.6 is 0 Å². The van der Waals surface area contributed by atoms with Crippen molar-refractivity contribution in [1.82, 2.24) is 24.2 Å². The minimum absolute atomic E-state index is 0.0858. The van der Waals surface area contributed by atoms with Crippen LogP contribution in [0, 0.1) is 0 Å². The van der Waals surface area contributed by atoms with E-state index in [1.165, 1.54) is 9.58 Å². The van der Waals surface area contributed by atoms with Gasteiger partial charge < -0.3 is 14.6 Å². The van der Waals surface area contributed by atoms with Gasteiger partial charge in [0.05, 0.1) is 24.6 Å². The molecule has 1 amide bonds. The number of hydrogen-bond acceptors (Lipinski definition) is 5. The molecule has 132 valence electrons. The van der Waals surface area contributed by atoms with Crippen molar-refractivity contribution in [1.29, 1.82) is 0 Å². The number of carbonyl (C=O) groups is 1. The average molecular weight is 351 g/mol. The summed E-state index contributed by atoms with van der Waals surface area (Å²) in [6, 6.07) is 9.24. The minimum Gasteiger partial charge on any atom is -0.502 e. The van der Waals surface area contributed by atoms with Crippen LogP contribution in [-0.4, -0.2) is 48.8 Å². The molecule has 0 saturated carbocycles. The minimum atomic E-state index is -0.669.